The molecule has 1 rings (SSSR count). The second-order valence-corrected chi connectivity index (χ2v) is 2.60. The third-order valence-corrected chi connectivity index (χ3v) is 1.67. The number of alkyl halides is 3. The van der Waals surface area contributed by atoms with E-state index in [-0.39, 0.29) is 4.73 Å². The topological polar surface area (TPSA) is 26.9 Å². The van der Waals surface area contributed by atoms with E-state index in [1.54, 1.807) is 6.92 Å². The molecule has 1 heterocycles. The predicted octanol–water partition coefficient (Wildman–Crippen LogP) is 1.90. The van der Waals surface area contributed by atoms with Gasteiger partial charge in [0.1, 0.15) is 0 Å². The van der Waals surface area contributed by atoms with Gasteiger partial charge in [0, 0.05) is 11.6 Å². The minimum Gasteiger partial charge on any atom is -0.618 e. The molecule has 13 heavy (non-hydrogen) atoms. The van der Waals surface area contributed by atoms with Crippen LogP contribution in [-0.2, 0) is 12.6 Å². The second-order valence-electron chi connectivity index (χ2n) is 2.60. The molecule has 0 radical (unpaired) electrons. The molecule has 0 aromatic carbocycles. The summed E-state index contributed by atoms with van der Waals surface area (Å²) in [6.45, 7) is 1.77. The van der Waals surface area contributed by atoms with Crippen molar-refractivity contribution in [3.8, 4) is 0 Å². The van der Waals surface area contributed by atoms with Gasteiger partial charge in [0.2, 0.25) is 0 Å². The Kier molecular flexibility index (Phi) is 2.45. The van der Waals surface area contributed by atoms with E-state index in [4.69, 9.17) is 0 Å². The SMILES string of the molecule is CCc1ccc(C(F)(F)F)[n+]([O-])c1. The molecular formula is C8H8F3NO. The van der Waals surface area contributed by atoms with Crippen LogP contribution in [0.25, 0.3) is 0 Å². The number of nitrogens with zero attached hydrogens (tertiary/aromatic N) is 1. The molecule has 0 atom stereocenters. The molecule has 1 aromatic heterocycles. The number of hydrogen-bond acceptors (Lipinski definition) is 1. The average molecular weight is 191 g/mol. The van der Waals surface area contributed by atoms with Crippen molar-refractivity contribution >= 4 is 0 Å². The number of aromatic nitrogens is 1. The lowest BCUT2D eigenvalue weighted by molar-refractivity contribution is -0.629. The highest BCUT2D eigenvalue weighted by molar-refractivity contribution is 5.11. The molecule has 0 saturated heterocycles. The van der Waals surface area contributed by atoms with Gasteiger partial charge in [-0.25, -0.2) is 0 Å². The Morgan fingerprint density at radius 3 is 2.38 bits per heavy atom. The maximum Gasteiger partial charge on any atom is 0.478 e. The van der Waals surface area contributed by atoms with E-state index in [1.165, 1.54) is 6.07 Å². The van der Waals surface area contributed by atoms with Crippen molar-refractivity contribution in [2.75, 3.05) is 0 Å². The van der Waals surface area contributed by atoms with Gasteiger partial charge >= 0.3 is 6.18 Å². The Balaban J connectivity index is 3.13. The zero-order chi connectivity index (χ0) is 10.1. The molecule has 0 aliphatic carbocycles. The quantitative estimate of drug-likeness (QED) is 0.492. The minimum atomic E-state index is -4.58. The number of aryl methyl sites for hydroxylation is 1. The third kappa shape index (κ3) is 2.11. The van der Waals surface area contributed by atoms with Crippen molar-refractivity contribution in [1.29, 1.82) is 0 Å². The fourth-order valence-corrected chi connectivity index (χ4v) is 0.951. The van der Waals surface area contributed by atoms with Crippen LogP contribution in [0.2, 0.25) is 0 Å². The van der Waals surface area contributed by atoms with Gasteiger partial charge in [0.05, 0.1) is 0 Å². The van der Waals surface area contributed by atoms with Crippen LogP contribution >= 0.6 is 0 Å². The van der Waals surface area contributed by atoms with E-state index in [0.717, 1.165) is 12.3 Å². The van der Waals surface area contributed by atoms with E-state index < -0.39 is 11.9 Å². The first-order valence-electron chi connectivity index (χ1n) is 3.74. The van der Waals surface area contributed by atoms with Gasteiger partial charge in [-0.2, -0.15) is 17.9 Å². The summed E-state index contributed by atoms with van der Waals surface area (Å²) in [7, 11) is 0. The van der Waals surface area contributed by atoms with Gasteiger partial charge in [-0.1, -0.05) is 6.92 Å². The molecule has 0 unspecified atom stereocenters. The molecule has 0 spiro atoms. The fourth-order valence-electron chi connectivity index (χ4n) is 0.951. The molecular weight excluding hydrogens is 183 g/mol. The number of rotatable bonds is 1. The van der Waals surface area contributed by atoms with E-state index in [9.17, 15) is 18.4 Å². The Labute approximate surface area is 73.2 Å². The highest BCUT2D eigenvalue weighted by Gasteiger charge is 2.39. The lowest BCUT2D eigenvalue weighted by atomic mass is 10.2. The van der Waals surface area contributed by atoms with Crippen LogP contribution in [0.4, 0.5) is 13.2 Å². The first kappa shape index (κ1) is 9.83. The number of hydrogen-bond donors (Lipinski definition) is 0. The van der Waals surface area contributed by atoms with Gasteiger partial charge in [-0.15, -0.1) is 0 Å². The van der Waals surface area contributed by atoms with Crippen LogP contribution in [0.5, 0.6) is 0 Å². The molecule has 72 valence electrons. The van der Waals surface area contributed by atoms with Crippen LogP contribution in [-0.4, -0.2) is 0 Å². The molecule has 1 aromatic rings. The largest absolute Gasteiger partial charge is 0.618 e. The zero-order valence-electron chi connectivity index (χ0n) is 6.93. The summed E-state index contributed by atoms with van der Waals surface area (Å²) in [6.07, 6.45) is -3.09. The highest BCUT2D eigenvalue weighted by atomic mass is 19.4. The molecule has 0 bridgehead atoms. The zero-order valence-corrected chi connectivity index (χ0v) is 6.93. The third-order valence-electron chi connectivity index (χ3n) is 1.67. The highest BCUT2D eigenvalue weighted by Crippen LogP contribution is 2.26. The maximum absolute atomic E-state index is 12.1. The first-order valence-corrected chi connectivity index (χ1v) is 3.74. The molecule has 0 aliphatic rings. The molecule has 5 heteroatoms. The molecule has 0 N–H and O–H groups in total. The Hall–Kier alpha value is -1.26. The minimum absolute atomic E-state index is 0.140. The Morgan fingerprint density at radius 1 is 1.38 bits per heavy atom. The summed E-state index contributed by atoms with van der Waals surface area (Å²) >= 11 is 0. The summed E-state index contributed by atoms with van der Waals surface area (Å²) < 4.78 is 36.1. The standard InChI is InChI=1S/C8H8F3NO/c1-2-6-3-4-7(8(9,10)11)12(13)5-6/h3-5H,2H2,1H3. The molecule has 0 aliphatic heterocycles. The normalized spacial score (nSPS) is 11.7. The monoisotopic (exact) mass is 191 g/mol. The van der Waals surface area contributed by atoms with Crippen molar-refractivity contribution in [2.24, 2.45) is 0 Å². The van der Waals surface area contributed by atoms with Crippen molar-refractivity contribution in [3.05, 3.63) is 34.8 Å². The van der Waals surface area contributed by atoms with E-state index in [0.29, 0.717) is 12.0 Å². The lowest BCUT2D eigenvalue weighted by Crippen LogP contribution is -2.36. The Bertz CT molecular complexity index is 309. The molecule has 0 fully saturated rings. The summed E-state index contributed by atoms with van der Waals surface area (Å²) in [5, 5.41) is 10.8. The van der Waals surface area contributed by atoms with E-state index in [1.807, 2.05) is 0 Å². The predicted molar refractivity (Wildman–Crippen MR) is 39.8 cm³/mol. The average Bonchev–Trinajstić information content (AvgIpc) is 2.01. The summed E-state index contributed by atoms with van der Waals surface area (Å²) in [6, 6.07) is 2.10. The molecule has 0 saturated carbocycles. The molecule has 2 nitrogen and oxygen atoms in total. The van der Waals surface area contributed by atoms with Crippen molar-refractivity contribution in [2.45, 2.75) is 19.5 Å². The van der Waals surface area contributed by atoms with Crippen molar-refractivity contribution < 1.29 is 17.9 Å². The van der Waals surface area contributed by atoms with Crippen LogP contribution in [0.15, 0.2) is 18.3 Å². The van der Waals surface area contributed by atoms with E-state index >= 15 is 0 Å². The summed E-state index contributed by atoms with van der Waals surface area (Å²) in [5.74, 6) is 0. The van der Waals surface area contributed by atoms with Crippen LogP contribution in [0.1, 0.15) is 18.2 Å². The fraction of sp³-hybridized carbons (Fsp3) is 0.375. The van der Waals surface area contributed by atoms with Crippen LogP contribution in [0.3, 0.4) is 0 Å². The van der Waals surface area contributed by atoms with Crippen LogP contribution < -0.4 is 4.73 Å². The molecule has 0 amide bonds. The number of pyridine rings is 1. The van der Waals surface area contributed by atoms with Gasteiger partial charge in [-0.3, -0.25) is 0 Å². The Morgan fingerprint density at radius 2 is 2.00 bits per heavy atom. The van der Waals surface area contributed by atoms with Crippen molar-refractivity contribution in [3.63, 3.8) is 0 Å². The van der Waals surface area contributed by atoms with E-state index in [2.05, 4.69) is 0 Å². The van der Waals surface area contributed by atoms with Gasteiger partial charge in [0.25, 0.3) is 5.69 Å². The lowest BCUT2D eigenvalue weighted by Gasteiger charge is -2.07. The van der Waals surface area contributed by atoms with Gasteiger partial charge < -0.3 is 5.21 Å². The summed E-state index contributed by atoms with van der Waals surface area (Å²) in [5.41, 5.74) is -0.590. The van der Waals surface area contributed by atoms with Gasteiger partial charge in [-0.05, 0) is 12.5 Å². The smallest absolute Gasteiger partial charge is 0.478 e. The first-order chi connectivity index (χ1) is 5.95. The second kappa shape index (κ2) is 3.24. The van der Waals surface area contributed by atoms with Crippen molar-refractivity contribution in [1.82, 2.24) is 0 Å². The summed E-state index contributed by atoms with van der Waals surface area (Å²) in [4.78, 5) is 0. The van der Waals surface area contributed by atoms with Crippen LogP contribution in [0, 0.1) is 5.21 Å². The van der Waals surface area contributed by atoms with Gasteiger partial charge in [0.15, 0.2) is 6.20 Å². The number of halogens is 3. The maximum atomic E-state index is 12.1.